The van der Waals surface area contributed by atoms with Gasteiger partial charge in [-0.15, -0.1) is 23.7 Å². The van der Waals surface area contributed by atoms with Gasteiger partial charge in [-0.25, -0.2) is 4.98 Å². The Hall–Kier alpha value is -0.300. The predicted molar refractivity (Wildman–Crippen MR) is 81.6 cm³/mol. The Kier molecular flexibility index (Phi) is 9.45. The molecule has 1 aromatic heterocycles. The number of nitrogens with one attached hydrogen (secondary N) is 1. The summed E-state index contributed by atoms with van der Waals surface area (Å²) < 4.78 is 0. The molecule has 1 aromatic rings. The van der Waals surface area contributed by atoms with Crippen LogP contribution in [0.1, 0.15) is 23.2 Å². The van der Waals surface area contributed by atoms with Crippen molar-refractivity contribution in [3.05, 3.63) is 16.1 Å². The van der Waals surface area contributed by atoms with Gasteiger partial charge in [-0.1, -0.05) is 6.92 Å². The first-order chi connectivity index (χ1) is 8.17. The van der Waals surface area contributed by atoms with Crippen LogP contribution in [0.25, 0.3) is 0 Å². The number of amides is 1. The van der Waals surface area contributed by atoms with E-state index >= 15 is 0 Å². The quantitative estimate of drug-likeness (QED) is 0.806. The van der Waals surface area contributed by atoms with E-state index < -0.39 is 6.04 Å². The Bertz CT molecular complexity index is 360. The average molecular weight is 310 g/mol. The molecule has 1 rings (SSSR count). The first-order valence-corrected chi connectivity index (χ1v) is 7.84. The fourth-order valence-electron chi connectivity index (χ4n) is 1.26. The van der Waals surface area contributed by atoms with E-state index in [1.807, 2.05) is 12.5 Å². The molecule has 0 saturated heterocycles. The molecule has 0 saturated carbocycles. The lowest BCUT2D eigenvalue weighted by atomic mass is 10.2. The summed E-state index contributed by atoms with van der Waals surface area (Å²) >= 11 is 3.33. The number of nitrogens with two attached hydrogens (primary N) is 1. The van der Waals surface area contributed by atoms with Gasteiger partial charge in [0.25, 0.3) is 0 Å². The van der Waals surface area contributed by atoms with Crippen LogP contribution in [0, 0.1) is 0 Å². The molecule has 0 radical (unpaired) electrons. The van der Waals surface area contributed by atoms with E-state index in [1.54, 1.807) is 23.1 Å². The van der Waals surface area contributed by atoms with Crippen LogP contribution in [-0.4, -0.2) is 28.9 Å². The smallest absolute Gasteiger partial charge is 0.237 e. The Morgan fingerprint density at radius 1 is 1.67 bits per heavy atom. The molecule has 104 valence electrons. The zero-order valence-corrected chi connectivity index (χ0v) is 13.1. The summed E-state index contributed by atoms with van der Waals surface area (Å²) in [6.45, 7) is 2.57. The molecule has 1 heterocycles. The van der Waals surface area contributed by atoms with Gasteiger partial charge in [-0.3, -0.25) is 4.79 Å². The SMILES string of the molecule is CCc1cnc(CNC(=O)[C@@H](N)CCSC)s1.Cl. The third-order valence-corrected chi connectivity index (χ3v) is 4.12. The monoisotopic (exact) mass is 309 g/mol. The molecule has 3 N–H and O–H groups in total. The average Bonchev–Trinajstić information content (AvgIpc) is 2.80. The van der Waals surface area contributed by atoms with E-state index in [1.165, 1.54) is 4.88 Å². The van der Waals surface area contributed by atoms with Crippen molar-refractivity contribution >= 4 is 41.4 Å². The number of aromatic nitrogens is 1. The van der Waals surface area contributed by atoms with Crippen molar-refractivity contribution in [1.29, 1.82) is 0 Å². The second-order valence-electron chi connectivity index (χ2n) is 3.68. The minimum absolute atomic E-state index is 0. The maximum absolute atomic E-state index is 11.6. The van der Waals surface area contributed by atoms with E-state index in [-0.39, 0.29) is 18.3 Å². The summed E-state index contributed by atoms with van der Waals surface area (Å²) in [5.74, 6) is 0.818. The van der Waals surface area contributed by atoms with Gasteiger partial charge < -0.3 is 11.1 Å². The number of rotatable bonds is 7. The second kappa shape index (κ2) is 9.61. The van der Waals surface area contributed by atoms with Crippen molar-refractivity contribution in [2.24, 2.45) is 5.73 Å². The van der Waals surface area contributed by atoms with Gasteiger partial charge in [0.1, 0.15) is 5.01 Å². The fraction of sp³-hybridized carbons (Fsp3) is 0.636. The van der Waals surface area contributed by atoms with Crippen molar-refractivity contribution < 1.29 is 4.79 Å². The number of carbonyl (C=O) groups excluding carboxylic acids is 1. The van der Waals surface area contributed by atoms with Crippen LogP contribution in [0.2, 0.25) is 0 Å². The Balaban J connectivity index is 0.00000289. The third kappa shape index (κ3) is 6.04. The molecule has 0 aromatic carbocycles. The molecule has 7 heteroatoms. The van der Waals surface area contributed by atoms with Gasteiger partial charge >= 0.3 is 0 Å². The molecule has 0 bridgehead atoms. The normalized spacial score (nSPS) is 11.7. The molecule has 18 heavy (non-hydrogen) atoms. The second-order valence-corrected chi connectivity index (χ2v) is 5.86. The lowest BCUT2D eigenvalue weighted by Crippen LogP contribution is -2.40. The Morgan fingerprint density at radius 2 is 2.39 bits per heavy atom. The molecule has 0 aliphatic carbocycles. The van der Waals surface area contributed by atoms with Gasteiger partial charge in [0.05, 0.1) is 12.6 Å². The van der Waals surface area contributed by atoms with Crippen molar-refractivity contribution in [2.45, 2.75) is 32.4 Å². The summed E-state index contributed by atoms with van der Waals surface area (Å²) in [5.41, 5.74) is 5.76. The van der Waals surface area contributed by atoms with Crippen molar-refractivity contribution in [3.8, 4) is 0 Å². The molecular weight excluding hydrogens is 290 g/mol. The lowest BCUT2D eigenvalue weighted by molar-refractivity contribution is -0.122. The van der Waals surface area contributed by atoms with Gasteiger partial charge in [-0.05, 0) is 24.9 Å². The predicted octanol–water partition coefficient (Wildman–Crippen LogP) is 1.82. The van der Waals surface area contributed by atoms with Crippen LogP contribution in [0.15, 0.2) is 6.20 Å². The Labute approximate surface area is 123 Å². The van der Waals surface area contributed by atoms with Crippen LogP contribution in [-0.2, 0) is 17.8 Å². The van der Waals surface area contributed by atoms with E-state index in [0.29, 0.717) is 13.0 Å². The van der Waals surface area contributed by atoms with Crippen LogP contribution >= 0.6 is 35.5 Å². The molecule has 0 aliphatic heterocycles. The zero-order chi connectivity index (χ0) is 12.7. The van der Waals surface area contributed by atoms with Crippen LogP contribution in [0.4, 0.5) is 0 Å². The molecule has 1 amide bonds. The minimum Gasteiger partial charge on any atom is -0.348 e. The van der Waals surface area contributed by atoms with E-state index in [0.717, 1.165) is 17.2 Å². The number of thiazole rings is 1. The van der Waals surface area contributed by atoms with Crippen molar-refractivity contribution in [3.63, 3.8) is 0 Å². The van der Waals surface area contributed by atoms with Gasteiger partial charge in [0.15, 0.2) is 0 Å². The fourth-order valence-corrected chi connectivity index (χ4v) is 2.55. The molecule has 1 atom stereocenters. The number of hydrogen-bond donors (Lipinski definition) is 2. The number of aryl methyl sites for hydroxylation is 1. The number of thioether (sulfide) groups is 1. The highest BCUT2D eigenvalue weighted by Gasteiger charge is 2.12. The summed E-state index contributed by atoms with van der Waals surface area (Å²) in [6.07, 6.45) is 5.57. The number of hydrogen-bond acceptors (Lipinski definition) is 5. The topological polar surface area (TPSA) is 68.0 Å². The highest BCUT2D eigenvalue weighted by Crippen LogP contribution is 2.12. The molecule has 0 unspecified atom stereocenters. The maximum atomic E-state index is 11.6. The summed E-state index contributed by atoms with van der Waals surface area (Å²) in [7, 11) is 0. The highest BCUT2D eigenvalue weighted by molar-refractivity contribution is 7.98. The van der Waals surface area contributed by atoms with Crippen LogP contribution in [0.5, 0.6) is 0 Å². The summed E-state index contributed by atoms with van der Waals surface area (Å²) in [4.78, 5) is 17.1. The first-order valence-electron chi connectivity index (χ1n) is 5.63. The van der Waals surface area contributed by atoms with E-state index in [2.05, 4.69) is 17.2 Å². The minimum atomic E-state index is -0.409. The molecule has 4 nitrogen and oxygen atoms in total. The molecule has 0 aliphatic rings. The summed E-state index contributed by atoms with van der Waals surface area (Å²) in [6, 6.07) is -0.409. The number of carbonyl (C=O) groups is 1. The van der Waals surface area contributed by atoms with E-state index in [4.69, 9.17) is 5.73 Å². The van der Waals surface area contributed by atoms with E-state index in [9.17, 15) is 4.79 Å². The van der Waals surface area contributed by atoms with Gasteiger partial charge in [-0.2, -0.15) is 11.8 Å². The molecular formula is C11H20ClN3OS2. The van der Waals surface area contributed by atoms with Crippen molar-refractivity contribution in [2.75, 3.05) is 12.0 Å². The highest BCUT2D eigenvalue weighted by atomic mass is 35.5. The summed E-state index contributed by atoms with van der Waals surface area (Å²) in [5, 5.41) is 3.76. The number of nitrogens with zero attached hydrogens (tertiary/aromatic N) is 1. The van der Waals surface area contributed by atoms with Gasteiger partial charge in [0, 0.05) is 11.1 Å². The standard InChI is InChI=1S/C11H19N3OS2.ClH/c1-3-8-6-13-10(17-8)7-14-11(15)9(12)4-5-16-2;/h6,9H,3-5,7,12H2,1-2H3,(H,14,15);1H/t9-;/m0./s1. The lowest BCUT2D eigenvalue weighted by Gasteiger charge is -2.10. The maximum Gasteiger partial charge on any atom is 0.237 e. The third-order valence-electron chi connectivity index (χ3n) is 2.33. The number of halogens is 1. The zero-order valence-electron chi connectivity index (χ0n) is 10.6. The first kappa shape index (κ1) is 17.7. The van der Waals surface area contributed by atoms with Gasteiger partial charge in [0.2, 0.25) is 5.91 Å². The largest absolute Gasteiger partial charge is 0.348 e. The Morgan fingerprint density at radius 3 is 2.94 bits per heavy atom. The molecule has 0 spiro atoms. The van der Waals surface area contributed by atoms with Crippen molar-refractivity contribution in [1.82, 2.24) is 10.3 Å². The molecule has 0 fully saturated rings. The van der Waals surface area contributed by atoms with Crippen LogP contribution in [0.3, 0.4) is 0 Å². The van der Waals surface area contributed by atoms with Crippen LogP contribution < -0.4 is 11.1 Å².